The molecular weight excluding hydrogens is 560 g/mol. The van der Waals surface area contributed by atoms with Crippen molar-refractivity contribution in [2.75, 3.05) is 24.6 Å². The summed E-state index contributed by atoms with van der Waals surface area (Å²) in [5.74, 6) is 0.388. The number of carbonyl (C=O) groups excluding carboxylic acids is 1. The second-order valence-corrected chi connectivity index (χ2v) is 15.3. The van der Waals surface area contributed by atoms with E-state index in [1.165, 1.54) is 11.1 Å². The molecule has 2 aromatic rings. The fourth-order valence-electron chi connectivity index (χ4n) is 7.32. The second kappa shape index (κ2) is 10.6. The molecule has 2 aliphatic carbocycles. The molecule has 220 valence electrons. The third-order valence-corrected chi connectivity index (χ3v) is 11.9. The van der Waals surface area contributed by atoms with Gasteiger partial charge in [0, 0.05) is 29.1 Å². The zero-order valence-electron chi connectivity index (χ0n) is 23.7. The summed E-state index contributed by atoms with van der Waals surface area (Å²) in [5.41, 5.74) is 2.32. The highest BCUT2D eigenvalue weighted by molar-refractivity contribution is 7.90. The number of halogens is 1. The van der Waals surface area contributed by atoms with Gasteiger partial charge in [-0.25, -0.2) is 13.1 Å². The van der Waals surface area contributed by atoms with E-state index in [2.05, 4.69) is 21.8 Å². The van der Waals surface area contributed by atoms with Gasteiger partial charge in [-0.05, 0) is 112 Å². The minimum atomic E-state index is -3.88. The number of ether oxygens (including phenoxy) is 1. The predicted molar refractivity (Wildman–Crippen MR) is 161 cm³/mol. The zero-order chi connectivity index (χ0) is 29.0. The average Bonchev–Trinajstić information content (AvgIpc) is 3.05. The molecule has 2 heterocycles. The number of rotatable bonds is 0. The van der Waals surface area contributed by atoms with Crippen LogP contribution in [0.25, 0.3) is 0 Å². The number of hydrogen-bond acceptors (Lipinski definition) is 6. The van der Waals surface area contributed by atoms with Gasteiger partial charge in [0.1, 0.15) is 5.75 Å². The zero-order valence-corrected chi connectivity index (χ0v) is 25.3. The Morgan fingerprint density at radius 3 is 2.76 bits per heavy atom. The lowest BCUT2D eigenvalue weighted by Crippen LogP contribution is -2.51. The van der Waals surface area contributed by atoms with Crippen LogP contribution in [0.1, 0.15) is 73.9 Å². The quantitative estimate of drug-likeness (QED) is 0.395. The van der Waals surface area contributed by atoms with Crippen molar-refractivity contribution in [3.05, 3.63) is 70.3 Å². The Morgan fingerprint density at radius 1 is 1.15 bits per heavy atom. The van der Waals surface area contributed by atoms with Crippen molar-refractivity contribution in [1.29, 1.82) is 0 Å². The van der Waals surface area contributed by atoms with Gasteiger partial charge >= 0.3 is 0 Å². The smallest absolute Gasteiger partial charge is 0.264 e. The molecule has 6 rings (SSSR count). The number of sulfonamides is 1. The maximum absolute atomic E-state index is 13.2. The summed E-state index contributed by atoms with van der Waals surface area (Å²) in [6.07, 6.45) is 9.47. The predicted octanol–water partition coefficient (Wildman–Crippen LogP) is 5.39. The topological polar surface area (TPSA) is 95.9 Å². The number of nitrogens with one attached hydrogen (secondary N) is 1. The van der Waals surface area contributed by atoms with E-state index in [9.17, 15) is 18.3 Å². The lowest BCUT2D eigenvalue weighted by atomic mass is 9.64. The molecule has 1 fully saturated rings. The van der Waals surface area contributed by atoms with Crippen LogP contribution in [0.5, 0.6) is 5.75 Å². The average molecular weight is 599 g/mol. The molecule has 41 heavy (non-hydrogen) atoms. The molecule has 4 aliphatic rings. The van der Waals surface area contributed by atoms with Gasteiger partial charge in [0.15, 0.2) is 0 Å². The van der Waals surface area contributed by atoms with Crippen molar-refractivity contribution in [2.24, 2.45) is 11.8 Å². The molecule has 2 N–H and O–H groups in total. The Hall–Kier alpha value is -2.55. The molecule has 0 unspecified atom stereocenters. The van der Waals surface area contributed by atoms with E-state index in [0.29, 0.717) is 38.3 Å². The van der Waals surface area contributed by atoms with Gasteiger partial charge in [-0.2, -0.15) is 0 Å². The van der Waals surface area contributed by atoms with E-state index in [1.54, 1.807) is 25.1 Å². The van der Waals surface area contributed by atoms with Crippen LogP contribution in [0.2, 0.25) is 5.02 Å². The summed E-state index contributed by atoms with van der Waals surface area (Å²) in [6.45, 7) is 5.36. The van der Waals surface area contributed by atoms with E-state index < -0.39 is 26.8 Å². The van der Waals surface area contributed by atoms with Gasteiger partial charge in [0.25, 0.3) is 5.91 Å². The van der Waals surface area contributed by atoms with Crippen molar-refractivity contribution in [2.45, 2.75) is 75.1 Å². The van der Waals surface area contributed by atoms with Crippen LogP contribution in [0.3, 0.4) is 0 Å². The minimum Gasteiger partial charge on any atom is -0.490 e. The molecule has 0 aromatic heterocycles. The van der Waals surface area contributed by atoms with Crippen molar-refractivity contribution in [1.82, 2.24) is 4.72 Å². The number of aliphatic hydroxyl groups is 1. The third-order valence-electron chi connectivity index (χ3n) is 9.88. The number of amides is 1. The van der Waals surface area contributed by atoms with E-state index >= 15 is 0 Å². The van der Waals surface area contributed by atoms with Crippen molar-refractivity contribution >= 4 is 33.2 Å². The molecule has 0 radical (unpaired) electrons. The Morgan fingerprint density at radius 2 is 1.98 bits per heavy atom. The van der Waals surface area contributed by atoms with Gasteiger partial charge in [-0.1, -0.05) is 29.8 Å². The largest absolute Gasteiger partial charge is 0.490 e. The second-order valence-electron chi connectivity index (χ2n) is 12.7. The summed E-state index contributed by atoms with van der Waals surface area (Å²) >= 11 is 6.38. The molecule has 0 saturated heterocycles. The number of benzene rings is 2. The lowest BCUT2D eigenvalue weighted by molar-refractivity contribution is -0.0314. The molecule has 1 saturated carbocycles. The molecule has 2 aromatic carbocycles. The van der Waals surface area contributed by atoms with Crippen molar-refractivity contribution < 1.29 is 23.1 Å². The van der Waals surface area contributed by atoms with Crippen molar-refractivity contribution in [3.63, 3.8) is 0 Å². The highest BCUT2D eigenvalue weighted by Crippen LogP contribution is 2.48. The van der Waals surface area contributed by atoms with Gasteiger partial charge in [-0.15, -0.1) is 0 Å². The normalized spacial score (nSPS) is 33.8. The number of carbonyl (C=O) groups is 1. The van der Waals surface area contributed by atoms with Crippen molar-refractivity contribution in [3.8, 4) is 5.75 Å². The molecule has 1 amide bonds. The van der Waals surface area contributed by atoms with Crippen LogP contribution in [0, 0.1) is 11.8 Å². The molecule has 5 atom stereocenters. The number of allylic oxidation sites excluding steroid dienone is 1. The molecule has 9 heteroatoms. The molecule has 1 spiro atoms. The van der Waals surface area contributed by atoms with E-state index in [4.69, 9.17) is 16.3 Å². The van der Waals surface area contributed by atoms with Gasteiger partial charge in [0.05, 0.1) is 23.1 Å². The minimum absolute atomic E-state index is 0.0836. The first kappa shape index (κ1) is 28.6. The number of fused-ring (bicyclic) bond motifs is 4. The summed E-state index contributed by atoms with van der Waals surface area (Å²) < 4.78 is 34.8. The van der Waals surface area contributed by atoms with Gasteiger partial charge < -0.3 is 14.7 Å². The highest BCUT2D eigenvalue weighted by Gasteiger charge is 2.46. The fraction of sp³-hybridized carbons (Fsp3) is 0.531. The summed E-state index contributed by atoms with van der Waals surface area (Å²) in [4.78, 5) is 15.6. The monoisotopic (exact) mass is 598 g/mol. The lowest BCUT2D eigenvalue weighted by Gasteiger charge is -2.48. The Balaban J connectivity index is 1.44. The Bertz CT molecular complexity index is 1490. The number of anilines is 1. The van der Waals surface area contributed by atoms with E-state index in [1.807, 2.05) is 25.1 Å². The summed E-state index contributed by atoms with van der Waals surface area (Å²) in [6, 6.07) is 11.4. The fourth-order valence-corrected chi connectivity index (χ4v) is 8.53. The molecule has 2 aliphatic heterocycles. The van der Waals surface area contributed by atoms with Gasteiger partial charge in [0.2, 0.25) is 10.0 Å². The van der Waals surface area contributed by atoms with E-state index in [-0.39, 0.29) is 22.8 Å². The van der Waals surface area contributed by atoms with E-state index in [0.717, 1.165) is 42.8 Å². The van der Waals surface area contributed by atoms with Crippen LogP contribution >= 0.6 is 11.6 Å². The summed E-state index contributed by atoms with van der Waals surface area (Å²) in [5, 5.41) is 11.5. The number of hydrogen-bond donors (Lipinski definition) is 2. The Kier molecular flexibility index (Phi) is 7.40. The number of nitrogens with zero attached hydrogens (tertiary/aromatic N) is 1. The van der Waals surface area contributed by atoms with Crippen LogP contribution in [0.15, 0.2) is 48.6 Å². The van der Waals surface area contributed by atoms with Crippen LogP contribution in [0.4, 0.5) is 5.69 Å². The molecule has 7 nitrogen and oxygen atoms in total. The van der Waals surface area contributed by atoms with Crippen LogP contribution in [-0.2, 0) is 21.9 Å². The Labute approximate surface area is 248 Å². The molecular formula is C32H39ClN2O5S. The van der Waals surface area contributed by atoms with Crippen LogP contribution in [-0.4, -0.2) is 50.0 Å². The third kappa shape index (κ3) is 5.39. The highest BCUT2D eigenvalue weighted by atomic mass is 35.5. The first-order valence-corrected chi connectivity index (χ1v) is 16.7. The first-order chi connectivity index (χ1) is 19.5. The SMILES string of the molecule is C[C@H]1CC/C=C/[C@@](C)(O)[C@@H]2CC[C@H]2CN2C[C@@]3(CCCc4cc(Cl)ccc43)COc3ccc(cc32)C(=O)NS1(=O)=O. The maximum Gasteiger partial charge on any atom is 0.264 e. The summed E-state index contributed by atoms with van der Waals surface area (Å²) in [7, 11) is -3.88. The maximum atomic E-state index is 13.2. The van der Waals surface area contributed by atoms with Crippen LogP contribution < -0.4 is 14.4 Å². The first-order valence-electron chi connectivity index (χ1n) is 14.7. The standard InChI is InChI=1S/C32H39ClN2O5S/c1-21-6-3-4-14-31(2,37)26-11-8-24(26)18-35-19-32(15-5-7-22-16-25(33)10-12-27(22)32)20-40-29-13-9-23(17-28(29)35)30(36)34-41(21,38)39/h4,9-10,12-14,16-17,21,24,26,37H,3,5-8,11,15,18-20H2,1-2H3,(H,34,36)/b14-4+/t21-,24-,26+,31+,32-/m0/s1. The number of aryl methyl sites for hydroxylation is 1. The molecule has 2 bridgehead atoms. The van der Waals surface area contributed by atoms with Gasteiger partial charge in [-0.3, -0.25) is 4.79 Å².